The minimum Gasteiger partial charge on any atom is -0.456 e. The number of nitrogens with zero attached hydrogens (tertiary/aromatic N) is 3. The van der Waals surface area contributed by atoms with Crippen LogP contribution < -0.4 is 0 Å². The zero-order valence-electron chi connectivity index (χ0n) is 28.7. The predicted octanol–water partition coefficient (Wildman–Crippen LogP) is 13.2. The van der Waals surface area contributed by atoms with Gasteiger partial charge in [-0.25, -0.2) is 0 Å². The minimum atomic E-state index is 0.603. The number of fused-ring (bicyclic) bond motifs is 14. The van der Waals surface area contributed by atoms with Crippen LogP contribution in [0.25, 0.3) is 110 Å². The molecule has 0 aliphatic rings. The highest BCUT2D eigenvalue weighted by molar-refractivity contribution is 6.25. The highest BCUT2D eigenvalue weighted by Crippen LogP contribution is 2.43. The number of hydrogen-bond acceptors (Lipinski definition) is 3. The average molecular weight is 690 g/mol. The molecule has 0 amide bonds. The fourth-order valence-electron chi connectivity index (χ4n) is 8.84. The molecule has 12 aromatic rings. The van der Waals surface area contributed by atoms with Gasteiger partial charge in [-0.3, -0.25) is 0 Å². The lowest BCUT2D eigenvalue weighted by Crippen LogP contribution is -1.97. The molecule has 5 nitrogen and oxygen atoms in total. The lowest BCUT2D eigenvalue weighted by atomic mass is 9.99. The van der Waals surface area contributed by atoms with E-state index in [4.69, 9.17) is 8.83 Å². The van der Waals surface area contributed by atoms with Crippen molar-refractivity contribution in [2.75, 3.05) is 0 Å². The number of furan rings is 2. The summed E-state index contributed by atoms with van der Waals surface area (Å²) in [5, 5.41) is 19.6. The van der Waals surface area contributed by atoms with Crippen molar-refractivity contribution in [1.82, 2.24) is 9.13 Å². The molecular formula is C49H27N3O2. The molecule has 4 aromatic heterocycles. The molecule has 54 heavy (non-hydrogen) atoms. The first-order valence-corrected chi connectivity index (χ1v) is 18.1. The van der Waals surface area contributed by atoms with E-state index in [1.165, 1.54) is 10.8 Å². The average Bonchev–Trinajstić information content (AvgIpc) is 3.98. The normalized spacial score (nSPS) is 12.1. The van der Waals surface area contributed by atoms with E-state index in [0.29, 0.717) is 5.56 Å². The SMILES string of the molecule is N#Cc1cc(-n2c3ccccc3c3ccc4c5ccccc5oc4c32)ccc1-c1ccc(-n2c3ccccc3c3ccc4oc5ccccc5c4c32)cc1. The van der Waals surface area contributed by atoms with Crippen molar-refractivity contribution in [1.29, 1.82) is 5.26 Å². The quantitative estimate of drug-likeness (QED) is 0.185. The van der Waals surface area contributed by atoms with Crippen LogP contribution in [0.15, 0.2) is 173 Å². The summed E-state index contributed by atoms with van der Waals surface area (Å²) in [6.07, 6.45) is 0. The molecule has 0 unspecified atom stereocenters. The Balaban J connectivity index is 1.03. The first-order valence-electron chi connectivity index (χ1n) is 18.1. The molecule has 8 aromatic carbocycles. The largest absolute Gasteiger partial charge is 0.456 e. The van der Waals surface area contributed by atoms with E-state index in [0.717, 1.165) is 99.2 Å². The number of aromatic nitrogens is 2. The van der Waals surface area contributed by atoms with Crippen LogP contribution in [0.2, 0.25) is 0 Å². The molecule has 0 radical (unpaired) electrons. The van der Waals surface area contributed by atoms with Crippen LogP contribution in [0.1, 0.15) is 5.56 Å². The zero-order valence-corrected chi connectivity index (χ0v) is 28.7. The summed E-state index contributed by atoms with van der Waals surface area (Å²) in [5.74, 6) is 0. The molecule has 0 N–H and O–H groups in total. The van der Waals surface area contributed by atoms with Crippen molar-refractivity contribution in [3.8, 4) is 28.6 Å². The molecule has 0 bridgehead atoms. The Bertz CT molecular complexity index is 3570. The van der Waals surface area contributed by atoms with Gasteiger partial charge in [0.15, 0.2) is 5.58 Å². The van der Waals surface area contributed by atoms with E-state index in [-0.39, 0.29) is 0 Å². The number of benzene rings is 8. The van der Waals surface area contributed by atoms with Crippen LogP contribution in [0.4, 0.5) is 0 Å². The van der Waals surface area contributed by atoms with Crippen molar-refractivity contribution in [2.24, 2.45) is 0 Å². The van der Waals surface area contributed by atoms with Crippen molar-refractivity contribution in [3.63, 3.8) is 0 Å². The standard InChI is InChI=1S/C49H27N3O2/c50-28-30-27-32(52-42-14-6-2-10-35(42)38-23-24-39-36-11-3-7-15-43(36)54-49(39)48(38)52)21-22-33(30)29-17-19-31(20-18-29)51-41-13-5-1-9-34(41)37-25-26-45-46(47(37)51)40-12-4-8-16-44(40)53-45/h1-27H. The topological polar surface area (TPSA) is 59.9 Å². The van der Waals surface area contributed by atoms with Crippen molar-refractivity contribution in [3.05, 3.63) is 169 Å². The Kier molecular flexibility index (Phi) is 5.78. The Morgan fingerprint density at radius 3 is 1.74 bits per heavy atom. The third-order valence-corrected chi connectivity index (χ3v) is 11.2. The number of nitriles is 1. The molecule has 0 spiro atoms. The molecule has 0 saturated carbocycles. The summed E-state index contributed by atoms with van der Waals surface area (Å²) in [6.45, 7) is 0. The minimum absolute atomic E-state index is 0.603. The lowest BCUT2D eigenvalue weighted by Gasteiger charge is -2.13. The maximum absolute atomic E-state index is 10.6. The third kappa shape index (κ3) is 3.86. The van der Waals surface area contributed by atoms with Crippen molar-refractivity contribution in [2.45, 2.75) is 0 Å². The fourth-order valence-corrected chi connectivity index (χ4v) is 8.84. The van der Waals surface area contributed by atoms with Gasteiger partial charge in [0.2, 0.25) is 0 Å². The molecule has 4 heterocycles. The van der Waals surface area contributed by atoms with Gasteiger partial charge in [0.1, 0.15) is 16.7 Å². The van der Waals surface area contributed by atoms with E-state index in [9.17, 15) is 5.26 Å². The van der Waals surface area contributed by atoms with Crippen molar-refractivity contribution >= 4 is 87.5 Å². The Morgan fingerprint density at radius 1 is 0.426 bits per heavy atom. The first-order chi connectivity index (χ1) is 26.7. The molecule has 0 fully saturated rings. The van der Waals surface area contributed by atoms with Crippen LogP contribution in [0.3, 0.4) is 0 Å². The number of rotatable bonds is 3. The summed E-state index contributed by atoms with van der Waals surface area (Å²) in [5.41, 5.74) is 12.2. The van der Waals surface area contributed by atoms with Crippen LogP contribution in [0.5, 0.6) is 0 Å². The Labute approximate surface area is 307 Å². The second-order valence-electron chi connectivity index (χ2n) is 14.0. The van der Waals surface area contributed by atoms with E-state index in [1.807, 2.05) is 36.4 Å². The summed E-state index contributed by atoms with van der Waals surface area (Å²) >= 11 is 0. The molecule has 0 saturated heterocycles. The maximum Gasteiger partial charge on any atom is 0.160 e. The highest BCUT2D eigenvalue weighted by atomic mass is 16.3. The molecule has 250 valence electrons. The highest BCUT2D eigenvalue weighted by Gasteiger charge is 2.21. The molecule has 0 aliphatic carbocycles. The fraction of sp³-hybridized carbons (Fsp3) is 0. The summed E-state index contributed by atoms with van der Waals surface area (Å²) < 4.78 is 17.5. The summed E-state index contributed by atoms with van der Waals surface area (Å²) in [6, 6.07) is 59.3. The first kappa shape index (κ1) is 29.1. The maximum atomic E-state index is 10.6. The second kappa shape index (κ2) is 10.7. The van der Waals surface area contributed by atoms with Gasteiger partial charge in [-0.15, -0.1) is 0 Å². The van der Waals surface area contributed by atoms with E-state index >= 15 is 0 Å². The third-order valence-electron chi connectivity index (χ3n) is 11.2. The molecular weight excluding hydrogens is 663 g/mol. The van der Waals surface area contributed by atoms with Gasteiger partial charge >= 0.3 is 0 Å². The van der Waals surface area contributed by atoms with E-state index in [1.54, 1.807) is 0 Å². The molecule has 5 heteroatoms. The van der Waals surface area contributed by atoms with E-state index in [2.05, 4.69) is 143 Å². The van der Waals surface area contributed by atoms with E-state index < -0.39 is 0 Å². The van der Waals surface area contributed by atoms with Crippen LogP contribution in [-0.4, -0.2) is 9.13 Å². The monoisotopic (exact) mass is 689 g/mol. The van der Waals surface area contributed by atoms with Gasteiger partial charge in [-0.05, 0) is 77.9 Å². The van der Waals surface area contributed by atoms with Gasteiger partial charge in [-0.1, -0.05) is 97.1 Å². The van der Waals surface area contributed by atoms with Gasteiger partial charge in [0.05, 0.1) is 39.1 Å². The van der Waals surface area contributed by atoms with Crippen LogP contribution >= 0.6 is 0 Å². The van der Waals surface area contributed by atoms with Gasteiger partial charge in [-0.2, -0.15) is 5.26 Å². The summed E-state index contributed by atoms with van der Waals surface area (Å²) in [7, 11) is 0. The molecule has 0 aliphatic heterocycles. The van der Waals surface area contributed by atoms with Crippen LogP contribution in [-0.2, 0) is 0 Å². The van der Waals surface area contributed by atoms with Gasteiger partial charge in [0, 0.05) is 49.1 Å². The Morgan fingerprint density at radius 2 is 1.00 bits per heavy atom. The lowest BCUT2D eigenvalue weighted by molar-refractivity contribution is 0.669. The number of hydrogen-bond donors (Lipinski definition) is 0. The number of para-hydroxylation sites is 4. The Hall–Kier alpha value is -7.55. The van der Waals surface area contributed by atoms with Gasteiger partial charge in [0.25, 0.3) is 0 Å². The van der Waals surface area contributed by atoms with Crippen molar-refractivity contribution < 1.29 is 8.83 Å². The molecule has 0 atom stereocenters. The predicted molar refractivity (Wildman–Crippen MR) is 220 cm³/mol. The zero-order chi connectivity index (χ0) is 35.5. The van der Waals surface area contributed by atoms with Crippen LogP contribution in [0, 0.1) is 11.3 Å². The second-order valence-corrected chi connectivity index (χ2v) is 14.0. The van der Waals surface area contributed by atoms with Gasteiger partial charge < -0.3 is 18.0 Å². The smallest absolute Gasteiger partial charge is 0.160 e. The molecule has 12 rings (SSSR count). The summed E-state index contributed by atoms with van der Waals surface area (Å²) in [4.78, 5) is 0.